The van der Waals surface area contributed by atoms with Crippen molar-refractivity contribution in [1.82, 2.24) is 10.2 Å². The second kappa shape index (κ2) is 4.74. The number of nitrogens with zero attached hydrogens (tertiary/aromatic N) is 1. The number of aliphatic hydroxyl groups excluding tert-OH is 1. The SMILES string of the molecule is O=C(O)[C@@H](O)[C@](O)(C(=O)O)N1CCNCC1. The molecule has 0 amide bonds. The summed E-state index contributed by atoms with van der Waals surface area (Å²) >= 11 is 0. The second-order valence-corrected chi connectivity index (χ2v) is 3.51. The van der Waals surface area contributed by atoms with Crippen LogP contribution in [0.15, 0.2) is 0 Å². The number of rotatable bonds is 4. The number of hydrogen-bond acceptors (Lipinski definition) is 6. The Kier molecular flexibility index (Phi) is 3.81. The van der Waals surface area contributed by atoms with Crippen molar-refractivity contribution >= 4 is 11.9 Å². The van der Waals surface area contributed by atoms with Gasteiger partial charge in [-0.1, -0.05) is 0 Å². The molecule has 0 radical (unpaired) electrons. The summed E-state index contributed by atoms with van der Waals surface area (Å²) in [6, 6.07) is 0. The van der Waals surface area contributed by atoms with Gasteiger partial charge in [0.25, 0.3) is 5.72 Å². The van der Waals surface area contributed by atoms with Gasteiger partial charge in [-0.25, -0.2) is 9.59 Å². The smallest absolute Gasteiger partial charge is 0.355 e. The van der Waals surface area contributed by atoms with E-state index in [-0.39, 0.29) is 13.1 Å². The van der Waals surface area contributed by atoms with Gasteiger partial charge < -0.3 is 25.7 Å². The molecule has 0 unspecified atom stereocenters. The first kappa shape index (κ1) is 12.8. The first-order valence-electron chi connectivity index (χ1n) is 4.73. The lowest BCUT2D eigenvalue weighted by Gasteiger charge is -2.39. The number of carboxylic acids is 2. The van der Waals surface area contributed by atoms with Gasteiger partial charge in [-0.15, -0.1) is 0 Å². The highest BCUT2D eigenvalue weighted by atomic mass is 16.5. The monoisotopic (exact) mass is 234 g/mol. The van der Waals surface area contributed by atoms with Gasteiger partial charge >= 0.3 is 11.9 Å². The molecular formula is C8H14N2O6. The predicted molar refractivity (Wildman–Crippen MR) is 50.7 cm³/mol. The molecule has 0 aromatic rings. The number of aliphatic hydroxyl groups is 2. The highest BCUT2D eigenvalue weighted by Crippen LogP contribution is 2.18. The molecule has 0 bridgehead atoms. The van der Waals surface area contributed by atoms with Gasteiger partial charge in [-0.05, 0) is 0 Å². The summed E-state index contributed by atoms with van der Waals surface area (Å²) in [5.74, 6) is -3.55. The Morgan fingerprint density at radius 3 is 2.12 bits per heavy atom. The van der Waals surface area contributed by atoms with Crippen LogP contribution in [-0.4, -0.2) is 75.3 Å². The van der Waals surface area contributed by atoms with Crippen LogP contribution in [0.2, 0.25) is 0 Å². The van der Waals surface area contributed by atoms with Crippen molar-refractivity contribution in [3.05, 3.63) is 0 Å². The van der Waals surface area contributed by atoms with E-state index in [0.29, 0.717) is 13.1 Å². The van der Waals surface area contributed by atoms with E-state index in [1.165, 1.54) is 0 Å². The zero-order chi connectivity index (χ0) is 12.3. The van der Waals surface area contributed by atoms with Gasteiger partial charge in [0.05, 0.1) is 0 Å². The normalized spacial score (nSPS) is 23.4. The zero-order valence-corrected chi connectivity index (χ0v) is 8.46. The quantitative estimate of drug-likeness (QED) is 0.350. The van der Waals surface area contributed by atoms with Crippen LogP contribution in [-0.2, 0) is 9.59 Å². The summed E-state index contributed by atoms with van der Waals surface area (Å²) in [6.45, 7) is 1.13. The lowest BCUT2D eigenvalue weighted by molar-refractivity contribution is -0.216. The van der Waals surface area contributed by atoms with Crippen LogP contribution in [0.4, 0.5) is 0 Å². The first-order chi connectivity index (χ1) is 7.40. The summed E-state index contributed by atoms with van der Waals surface area (Å²) in [4.78, 5) is 22.5. The zero-order valence-electron chi connectivity index (χ0n) is 8.46. The summed E-state index contributed by atoms with van der Waals surface area (Å²) in [7, 11) is 0. The van der Waals surface area contributed by atoms with E-state index in [4.69, 9.17) is 10.2 Å². The molecule has 2 atom stereocenters. The van der Waals surface area contributed by atoms with Gasteiger partial charge in [-0.2, -0.15) is 0 Å². The van der Waals surface area contributed by atoms with Crippen molar-refractivity contribution in [3.8, 4) is 0 Å². The molecule has 0 aromatic carbocycles. The predicted octanol–water partition coefficient (Wildman–Crippen LogP) is -2.89. The van der Waals surface area contributed by atoms with Gasteiger partial charge in [0.2, 0.25) is 6.10 Å². The number of aliphatic carboxylic acids is 2. The third kappa shape index (κ3) is 2.14. The van der Waals surface area contributed by atoms with Gasteiger partial charge in [-0.3, -0.25) is 4.90 Å². The van der Waals surface area contributed by atoms with Crippen molar-refractivity contribution in [2.24, 2.45) is 0 Å². The minimum atomic E-state index is -2.78. The Balaban J connectivity index is 2.94. The minimum absolute atomic E-state index is 0.146. The number of hydrogen-bond donors (Lipinski definition) is 5. The third-order valence-corrected chi connectivity index (χ3v) is 2.53. The van der Waals surface area contributed by atoms with Gasteiger partial charge in [0.15, 0.2) is 0 Å². The number of nitrogens with one attached hydrogen (secondary N) is 1. The van der Waals surface area contributed by atoms with Crippen molar-refractivity contribution in [3.63, 3.8) is 0 Å². The largest absolute Gasteiger partial charge is 0.479 e. The summed E-state index contributed by atoms with van der Waals surface area (Å²) < 4.78 is 0. The van der Waals surface area contributed by atoms with E-state index in [9.17, 15) is 19.8 Å². The molecule has 1 aliphatic rings. The summed E-state index contributed by atoms with van der Waals surface area (Å²) in [6.07, 6.45) is -2.39. The molecule has 5 N–H and O–H groups in total. The molecule has 92 valence electrons. The highest BCUT2D eigenvalue weighted by Gasteiger charge is 2.52. The van der Waals surface area contributed by atoms with Crippen LogP contribution in [0.3, 0.4) is 0 Å². The molecule has 1 heterocycles. The second-order valence-electron chi connectivity index (χ2n) is 3.51. The lowest BCUT2D eigenvalue weighted by Crippen LogP contribution is -2.67. The first-order valence-corrected chi connectivity index (χ1v) is 4.73. The Morgan fingerprint density at radius 2 is 1.75 bits per heavy atom. The van der Waals surface area contributed by atoms with E-state index in [1.807, 2.05) is 0 Å². The summed E-state index contributed by atoms with van der Waals surface area (Å²) in [5, 5.41) is 39.5. The third-order valence-electron chi connectivity index (χ3n) is 2.53. The molecule has 0 aromatic heterocycles. The van der Waals surface area contributed by atoms with Crippen molar-refractivity contribution < 1.29 is 30.0 Å². The maximum Gasteiger partial charge on any atom is 0.355 e. The minimum Gasteiger partial charge on any atom is -0.479 e. The standard InChI is InChI=1S/C8H14N2O6/c11-5(6(12)13)8(16,7(14)15)10-3-1-9-2-4-10/h5,9,11,16H,1-4H2,(H,12,13)(H,14,15)/t5-,8+/m1/s1. The Bertz CT molecular complexity index is 290. The average Bonchev–Trinajstić information content (AvgIpc) is 2.27. The van der Waals surface area contributed by atoms with E-state index in [0.717, 1.165) is 4.90 Å². The van der Waals surface area contributed by atoms with Crippen LogP contribution in [0.25, 0.3) is 0 Å². The molecule has 1 saturated heterocycles. The van der Waals surface area contributed by atoms with E-state index >= 15 is 0 Å². The molecule has 0 aliphatic carbocycles. The molecule has 1 aliphatic heterocycles. The molecule has 0 saturated carbocycles. The molecule has 8 nitrogen and oxygen atoms in total. The van der Waals surface area contributed by atoms with Crippen molar-refractivity contribution in [2.75, 3.05) is 26.2 Å². The molecule has 0 spiro atoms. The van der Waals surface area contributed by atoms with Crippen LogP contribution in [0.5, 0.6) is 0 Å². The van der Waals surface area contributed by atoms with Crippen LogP contribution in [0, 0.1) is 0 Å². The maximum atomic E-state index is 10.9. The molecular weight excluding hydrogens is 220 g/mol. The van der Waals surface area contributed by atoms with Crippen LogP contribution >= 0.6 is 0 Å². The lowest BCUT2D eigenvalue weighted by atomic mass is 10.0. The number of carbonyl (C=O) groups is 2. The van der Waals surface area contributed by atoms with Gasteiger partial charge in [0.1, 0.15) is 0 Å². The maximum absolute atomic E-state index is 10.9. The van der Waals surface area contributed by atoms with E-state index < -0.39 is 23.8 Å². The molecule has 1 fully saturated rings. The Labute approximate surface area is 91.1 Å². The molecule has 8 heteroatoms. The number of carboxylic acid groups (broad SMARTS) is 2. The average molecular weight is 234 g/mol. The van der Waals surface area contributed by atoms with Crippen LogP contribution < -0.4 is 5.32 Å². The fourth-order valence-electron chi connectivity index (χ4n) is 1.60. The topological polar surface area (TPSA) is 130 Å². The molecule has 1 rings (SSSR count). The van der Waals surface area contributed by atoms with Crippen LogP contribution in [0.1, 0.15) is 0 Å². The Hall–Kier alpha value is -1.22. The van der Waals surface area contributed by atoms with E-state index in [2.05, 4.69) is 5.32 Å². The fraction of sp³-hybridized carbons (Fsp3) is 0.750. The fourth-order valence-corrected chi connectivity index (χ4v) is 1.60. The Morgan fingerprint density at radius 1 is 1.25 bits per heavy atom. The van der Waals surface area contributed by atoms with Crippen molar-refractivity contribution in [1.29, 1.82) is 0 Å². The van der Waals surface area contributed by atoms with Gasteiger partial charge in [0, 0.05) is 26.2 Å². The number of piperazine rings is 1. The highest BCUT2D eigenvalue weighted by molar-refractivity contribution is 5.86. The summed E-state index contributed by atoms with van der Waals surface area (Å²) in [5.41, 5.74) is -2.78. The van der Waals surface area contributed by atoms with Crippen molar-refractivity contribution in [2.45, 2.75) is 11.8 Å². The van der Waals surface area contributed by atoms with E-state index in [1.54, 1.807) is 0 Å². The molecule has 16 heavy (non-hydrogen) atoms.